The summed E-state index contributed by atoms with van der Waals surface area (Å²) in [5.74, 6) is 0. The van der Waals surface area contributed by atoms with Crippen molar-refractivity contribution in [3.63, 3.8) is 0 Å². The maximum absolute atomic E-state index is 12.5. The van der Waals surface area contributed by atoms with Gasteiger partial charge in [-0.05, 0) is 49.2 Å². The second kappa shape index (κ2) is 4.75. The highest BCUT2D eigenvalue weighted by Gasteiger charge is 2.20. The van der Waals surface area contributed by atoms with E-state index in [0.29, 0.717) is 9.92 Å². The standard InChI is InChI=1S/C14H13ClO2S/c1-10-7-12(15)9-13(8-10)18(16,17)14-6-4-3-5-11(14)2/h3-9H,1-2H3. The zero-order valence-electron chi connectivity index (χ0n) is 10.1. The molecule has 0 atom stereocenters. The van der Waals surface area contributed by atoms with Gasteiger partial charge in [0.2, 0.25) is 9.84 Å². The summed E-state index contributed by atoms with van der Waals surface area (Å²) in [6.07, 6.45) is 0. The van der Waals surface area contributed by atoms with Crippen LogP contribution in [0.4, 0.5) is 0 Å². The lowest BCUT2D eigenvalue weighted by Crippen LogP contribution is -2.04. The number of rotatable bonds is 2. The normalized spacial score (nSPS) is 11.5. The predicted octanol–water partition coefficient (Wildman–Crippen LogP) is 3.79. The van der Waals surface area contributed by atoms with Crippen LogP contribution >= 0.6 is 11.6 Å². The molecule has 0 saturated carbocycles. The molecule has 18 heavy (non-hydrogen) atoms. The van der Waals surface area contributed by atoms with Crippen LogP contribution in [-0.2, 0) is 9.84 Å². The van der Waals surface area contributed by atoms with E-state index in [1.165, 1.54) is 6.07 Å². The van der Waals surface area contributed by atoms with Gasteiger partial charge < -0.3 is 0 Å². The number of hydrogen-bond donors (Lipinski definition) is 0. The molecule has 0 aliphatic rings. The fourth-order valence-corrected chi connectivity index (χ4v) is 3.82. The van der Waals surface area contributed by atoms with Crippen molar-refractivity contribution in [1.29, 1.82) is 0 Å². The molecule has 0 saturated heterocycles. The van der Waals surface area contributed by atoms with Gasteiger partial charge in [0.25, 0.3) is 0 Å². The van der Waals surface area contributed by atoms with E-state index in [-0.39, 0.29) is 4.90 Å². The quantitative estimate of drug-likeness (QED) is 0.839. The molecule has 0 bridgehead atoms. The highest BCUT2D eigenvalue weighted by molar-refractivity contribution is 7.91. The van der Waals surface area contributed by atoms with Gasteiger partial charge in [0.1, 0.15) is 0 Å². The Labute approximate surface area is 112 Å². The molecule has 2 nitrogen and oxygen atoms in total. The molecule has 0 amide bonds. The fraction of sp³-hybridized carbons (Fsp3) is 0.143. The summed E-state index contributed by atoms with van der Waals surface area (Å²) in [4.78, 5) is 0.563. The van der Waals surface area contributed by atoms with Crippen molar-refractivity contribution in [3.8, 4) is 0 Å². The summed E-state index contributed by atoms with van der Waals surface area (Å²) in [6.45, 7) is 3.60. The van der Waals surface area contributed by atoms with E-state index in [1.54, 1.807) is 37.3 Å². The number of benzene rings is 2. The largest absolute Gasteiger partial charge is 0.219 e. The van der Waals surface area contributed by atoms with Crippen molar-refractivity contribution in [2.24, 2.45) is 0 Å². The minimum absolute atomic E-state index is 0.238. The molecule has 0 aromatic heterocycles. The highest BCUT2D eigenvalue weighted by atomic mass is 35.5. The van der Waals surface area contributed by atoms with Crippen LogP contribution in [0.15, 0.2) is 52.3 Å². The topological polar surface area (TPSA) is 34.1 Å². The van der Waals surface area contributed by atoms with E-state index >= 15 is 0 Å². The molecule has 0 N–H and O–H groups in total. The average molecular weight is 281 g/mol. The van der Waals surface area contributed by atoms with E-state index in [0.717, 1.165) is 11.1 Å². The molecule has 0 unspecified atom stereocenters. The molecule has 94 valence electrons. The Balaban J connectivity index is 2.66. The Morgan fingerprint density at radius 3 is 2.28 bits per heavy atom. The van der Waals surface area contributed by atoms with Crippen molar-refractivity contribution in [2.75, 3.05) is 0 Å². The van der Waals surface area contributed by atoms with E-state index in [9.17, 15) is 8.42 Å². The van der Waals surface area contributed by atoms with E-state index in [2.05, 4.69) is 0 Å². The van der Waals surface area contributed by atoms with Gasteiger partial charge in [-0.15, -0.1) is 0 Å². The Morgan fingerprint density at radius 1 is 1.00 bits per heavy atom. The van der Waals surface area contributed by atoms with Crippen LogP contribution in [0.25, 0.3) is 0 Å². The second-order valence-electron chi connectivity index (χ2n) is 4.23. The van der Waals surface area contributed by atoms with Gasteiger partial charge in [0, 0.05) is 5.02 Å². The van der Waals surface area contributed by atoms with E-state index in [4.69, 9.17) is 11.6 Å². The van der Waals surface area contributed by atoms with Crippen molar-refractivity contribution in [3.05, 3.63) is 58.6 Å². The van der Waals surface area contributed by atoms with Crippen molar-refractivity contribution >= 4 is 21.4 Å². The summed E-state index contributed by atoms with van der Waals surface area (Å²) in [6, 6.07) is 11.8. The van der Waals surface area contributed by atoms with Gasteiger partial charge in [-0.2, -0.15) is 0 Å². The maximum atomic E-state index is 12.5. The third-order valence-corrected chi connectivity index (χ3v) is 4.82. The molecule has 2 aromatic carbocycles. The number of hydrogen-bond acceptors (Lipinski definition) is 2. The van der Waals surface area contributed by atoms with Crippen LogP contribution in [0.2, 0.25) is 5.02 Å². The Kier molecular flexibility index (Phi) is 3.46. The molecular formula is C14H13ClO2S. The summed E-state index contributed by atoms with van der Waals surface area (Å²) in [7, 11) is -3.50. The first kappa shape index (κ1) is 13.1. The Hall–Kier alpha value is -1.32. The van der Waals surface area contributed by atoms with Gasteiger partial charge in [-0.1, -0.05) is 29.8 Å². The molecule has 0 aliphatic carbocycles. The van der Waals surface area contributed by atoms with Gasteiger partial charge in [0.15, 0.2) is 0 Å². The molecule has 4 heteroatoms. The molecule has 2 rings (SSSR count). The summed E-state index contributed by atoms with van der Waals surface area (Å²) < 4.78 is 25.0. The molecule has 0 spiro atoms. The van der Waals surface area contributed by atoms with Crippen LogP contribution in [0.5, 0.6) is 0 Å². The Morgan fingerprint density at radius 2 is 1.67 bits per heavy atom. The zero-order chi connectivity index (χ0) is 13.3. The summed E-state index contributed by atoms with van der Waals surface area (Å²) >= 11 is 5.92. The maximum Gasteiger partial charge on any atom is 0.206 e. The SMILES string of the molecule is Cc1cc(Cl)cc(S(=O)(=O)c2ccccc2C)c1. The van der Waals surface area contributed by atoms with Crippen molar-refractivity contribution < 1.29 is 8.42 Å². The van der Waals surface area contributed by atoms with Gasteiger partial charge in [-0.3, -0.25) is 0 Å². The average Bonchev–Trinajstić information content (AvgIpc) is 2.28. The molecule has 0 heterocycles. The first-order valence-electron chi connectivity index (χ1n) is 5.49. The smallest absolute Gasteiger partial charge is 0.206 e. The van der Waals surface area contributed by atoms with Crippen LogP contribution in [0.1, 0.15) is 11.1 Å². The first-order valence-corrected chi connectivity index (χ1v) is 7.35. The predicted molar refractivity (Wildman–Crippen MR) is 72.8 cm³/mol. The van der Waals surface area contributed by atoms with Crippen LogP contribution < -0.4 is 0 Å². The van der Waals surface area contributed by atoms with Crippen LogP contribution in [0, 0.1) is 13.8 Å². The fourth-order valence-electron chi connectivity index (χ4n) is 1.84. The monoisotopic (exact) mass is 280 g/mol. The van der Waals surface area contributed by atoms with E-state index in [1.807, 2.05) is 13.0 Å². The molecule has 0 aliphatic heterocycles. The number of halogens is 1. The molecule has 0 radical (unpaired) electrons. The van der Waals surface area contributed by atoms with E-state index < -0.39 is 9.84 Å². The summed E-state index contributed by atoms with van der Waals surface area (Å²) in [5, 5.41) is 0.433. The lowest BCUT2D eigenvalue weighted by Gasteiger charge is -2.08. The number of aryl methyl sites for hydroxylation is 2. The third-order valence-electron chi connectivity index (χ3n) is 2.71. The first-order chi connectivity index (χ1) is 8.41. The lowest BCUT2D eigenvalue weighted by molar-refractivity contribution is 0.595. The Bertz CT molecular complexity index is 670. The third kappa shape index (κ3) is 2.42. The van der Waals surface area contributed by atoms with Crippen LogP contribution in [-0.4, -0.2) is 8.42 Å². The van der Waals surface area contributed by atoms with Crippen molar-refractivity contribution in [2.45, 2.75) is 23.6 Å². The van der Waals surface area contributed by atoms with Crippen molar-refractivity contribution in [1.82, 2.24) is 0 Å². The van der Waals surface area contributed by atoms with Gasteiger partial charge >= 0.3 is 0 Å². The number of sulfone groups is 1. The molecule has 0 fully saturated rings. The summed E-state index contributed by atoms with van der Waals surface area (Å²) in [5.41, 5.74) is 1.56. The van der Waals surface area contributed by atoms with Crippen LogP contribution in [0.3, 0.4) is 0 Å². The second-order valence-corrected chi connectivity index (χ2v) is 6.59. The zero-order valence-corrected chi connectivity index (χ0v) is 11.7. The minimum Gasteiger partial charge on any atom is -0.219 e. The van der Waals surface area contributed by atoms with Gasteiger partial charge in [0.05, 0.1) is 9.79 Å². The highest BCUT2D eigenvalue weighted by Crippen LogP contribution is 2.26. The van der Waals surface area contributed by atoms with Gasteiger partial charge in [-0.25, -0.2) is 8.42 Å². The molecular weight excluding hydrogens is 268 g/mol. The lowest BCUT2D eigenvalue weighted by atomic mass is 10.2. The minimum atomic E-state index is -3.50. The molecule has 2 aromatic rings.